The van der Waals surface area contributed by atoms with Gasteiger partial charge in [0, 0.05) is 38.4 Å². The van der Waals surface area contributed by atoms with Crippen LogP contribution >= 0.6 is 0 Å². The van der Waals surface area contributed by atoms with Crippen LogP contribution in [0, 0.1) is 5.92 Å². The number of rotatable bonds is 5. The van der Waals surface area contributed by atoms with E-state index in [4.69, 9.17) is 9.47 Å². The van der Waals surface area contributed by atoms with Crippen LogP contribution in [0.1, 0.15) is 12.8 Å². The smallest absolute Gasteiger partial charge is 0.293 e. The number of ether oxygens (including phenoxy) is 2. The fourth-order valence-corrected chi connectivity index (χ4v) is 3.04. The molecule has 0 N–H and O–H groups in total. The van der Waals surface area contributed by atoms with Gasteiger partial charge in [0.25, 0.3) is 5.56 Å². The summed E-state index contributed by atoms with van der Waals surface area (Å²) >= 11 is 0. The predicted octanol–water partition coefficient (Wildman–Crippen LogP) is 2.08. The van der Waals surface area contributed by atoms with Gasteiger partial charge in [0.15, 0.2) is 17.3 Å². The van der Waals surface area contributed by atoms with Crippen molar-refractivity contribution in [3.63, 3.8) is 0 Å². The molecular weight excluding hydrogens is 306 g/mol. The predicted molar refractivity (Wildman–Crippen MR) is 92.9 cm³/mol. The molecule has 1 aromatic carbocycles. The molecule has 6 nitrogen and oxygen atoms in total. The summed E-state index contributed by atoms with van der Waals surface area (Å²) < 4.78 is 12.8. The first kappa shape index (κ1) is 16.4. The summed E-state index contributed by atoms with van der Waals surface area (Å²) in [4.78, 5) is 18.6. The highest BCUT2D eigenvalue weighted by Gasteiger charge is 2.23. The van der Waals surface area contributed by atoms with E-state index < -0.39 is 0 Å². The lowest BCUT2D eigenvalue weighted by Gasteiger charge is -2.33. The van der Waals surface area contributed by atoms with Gasteiger partial charge in [0.2, 0.25) is 0 Å². The third-order valence-electron chi connectivity index (χ3n) is 4.36. The van der Waals surface area contributed by atoms with Crippen LogP contribution in [-0.2, 0) is 7.05 Å². The lowest BCUT2D eigenvalue weighted by molar-refractivity contribution is 0.220. The quantitative estimate of drug-likeness (QED) is 0.841. The van der Waals surface area contributed by atoms with Gasteiger partial charge < -0.3 is 18.9 Å². The maximum absolute atomic E-state index is 12.2. The SMILES string of the molecule is COc1ccccc1OCC1CCCN(c2nccn(C)c2=O)C1. The van der Waals surface area contributed by atoms with Gasteiger partial charge in [0.1, 0.15) is 0 Å². The topological polar surface area (TPSA) is 56.6 Å². The number of piperidine rings is 1. The molecule has 0 saturated carbocycles. The summed E-state index contributed by atoms with van der Waals surface area (Å²) in [5.74, 6) is 2.38. The summed E-state index contributed by atoms with van der Waals surface area (Å²) in [6.45, 7) is 2.24. The van der Waals surface area contributed by atoms with E-state index in [1.54, 1.807) is 31.1 Å². The lowest BCUT2D eigenvalue weighted by Crippen LogP contribution is -2.41. The second-order valence-corrected chi connectivity index (χ2v) is 6.08. The molecule has 6 heteroatoms. The molecule has 24 heavy (non-hydrogen) atoms. The van der Waals surface area contributed by atoms with E-state index in [0.29, 0.717) is 18.3 Å². The minimum Gasteiger partial charge on any atom is -0.493 e. The molecule has 3 rings (SSSR count). The Labute approximate surface area is 141 Å². The van der Waals surface area contributed by atoms with Crippen LogP contribution in [0.3, 0.4) is 0 Å². The van der Waals surface area contributed by atoms with Crippen LogP contribution < -0.4 is 19.9 Å². The Hall–Kier alpha value is -2.50. The fraction of sp³-hybridized carbons (Fsp3) is 0.444. The van der Waals surface area contributed by atoms with Crippen LogP contribution in [0.4, 0.5) is 5.82 Å². The highest BCUT2D eigenvalue weighted by atomic mass is 16.5. The van der Waals surface area contributed by atoms with Crippen molar-refractivity contribution in [1.82, 2.24) is 9.55 Å². The van der Waals surface area contributed by atoms with E-state index in [-0.39, 0.29) is 5.56 Å². The maximum Gasteiger partial charge on any atom is 0.293 e. The van der Waals surface area contributed by atoms with E-state index in [2.05, 4.69) is 9.88 Å². The minimum atomic E-state index is -0.0520. The molecule has 2 aromatic rings. The van der Waals surface area contributed by atoms with Crippen molar-refractivity contribution in [3.05, 3.63) is 47.0 Å². The third-order valence-corrected chi connectivity index (χ3v) is 4.36. The van der Waals surface area contributed by atoms with Gasteiger partial charge >= 0.3 is 0 Å². The minimum absolute atomic E-state index is 0.0520. The summed E-state index contributed by atoms with van der Waals surface area (Å²) in [6.07, 6.45) is 5.46. The van der Waals surface area contributed by atoms with E-state index >= 15 is 0 Å². The van der Waals surface area contributed by atoms with Crippen molar-refractivity contribution in [1.29, 1.82) is 0 Å². The van der Waals surface area contributed by atoms with E-state index in [1.807, 2.05) is 24.3 Å². The van der Waals surface area contributed by atoms with Crippen molar-refractivity contribution in [2.45, 2.75) is 12.8 Å². The van der Waals surface area contributed by atoms with E-state index in [9.17, 15) is 4.79 Å². The van der Waals surface area contributed by atoms with Crippen molar-refractivity contribution in [2.75, 3.05) is 31.7 Å². The van der Waals surface area contributed by atoms with E-state index in [1.165, 1.54) is 0 Å². The average molecular weight is 329 g/mol. The highest BCUT2D eigenvalue weighted by Crippen LogP contribution is 2.27. The molecule has 0 aliphatic carbocycles. The zero-order valence-electron chi connectivity index (χ0n) is 14.1. The van der Waals surface area contributed by atoms with Crippen LogP contribution in [0.2, 0.25) is 0 Å². The van der Waals surface area contributed by atoms with Gasteiger partial charge in [-0.3, -0.25) is 4.79 Å². The first-order chi connectivity index (χ1) is 11.7. The number of benzene rings is 1. The van der Waals surface area contributed by atoms with Gasteiger partial charge in [-0.05, 0) is 25.0 Å². The van der Waals surface area contributed by atoms with Crippen molar-refractivity contribution in [2.24, 2.45) is 13.0 Å². The average Bonchev–Trinajstić information content (AvgIpc) is 2.62. The molecule has 0 amide bonds. The molecule has 1 unspecified atom stereocenters. The van der Waals surface area contributed by atoms with Crippen LogP contribution in [0.5, 0.6) is 11.5 Å². The zero-order chi connectivity index (χ0) is 16.9. The number of nitrogens with zero attached hydrogens (tertiary/aromatic N) is 3. The number of aryl methyl sites for hydroxylation is 1. The van der Waals surface area contributed by atoms with Gasteiger partial charge in [-0.15, -0.1) is 0 Å². The molecular formula is C18H23N3O3. The molecule has 128 valence electrons. The van der Waals surface area contributed by atoms with Gasteiger partial charge in [-0.2, -0.15) is 0 Å². The maximum atomic E-state index is 12.2. The number of para-hydroxylation sites is 2. The molecule has 1 fully saturated rings. The number of hydrogen-bond donors (Lipinski definition) is 0. The Kier molecular flexibility index (Phi) is 5.03. The molecule has 1 atom stereocenters. The zero-order valence-corrected chi connectivity index (χ0v) is 14.1. The largest absolute Gasteiger partial charge is 0.493 e. The summed E-state index contributed by atoms with van der Waals surface area (Å²) in [5, 5.41) is 0. The Morgan fingerprint density at radius 3 is 2.88 bits per heavy atom. The molecule has 1 aliphatic heterocycles. The van der Waals surface area contributed by atoms with Gasteiger partial charge in [0.05, 0.1) is 13.7 Å². The fourth-order valence-electron chi connectivity index (χ4n) is 3.04. The molecule has 1 aliphatic rings. The second-order valence-electron chi connectivity index (χ2n) is 6.08. The van der Waals surface area contributed by atoms with Crippen LogP contribution in [0.15, 0.2) is 41.5 Å². The highest BCUT2D eigenvalue weighted by molar-refractivity contribution is 5.39. The van der Waals surface area contributed by atoms with Gasteiger partial charge in [-0.1, -0.05) is 12.1 Å². The van der Waals surface area contributed by atoms with Crippen molar-refractivity contribution in [3.8, 4) is 11.5 Å². The lowest BCUT2D eigenvalue weighted by atomic mass is 9.99. The number of anilines is 1. The van der Waals surface area contributed by atoms with E-state index in [0.717, 1.165) is 37.4 Å². The number of hydrogen-bond acceptors (Lipinski definition) is 5. The molecule has 0 radical (unpaired) electrons. The number of methoxy groups -OCH3 is 1. The Morgan fingerprint density at radius 1 is 1.29 bits per heavy atom. The summed E-state index contributed by atoms with van der Waals surface area (Å²) in [6, 6.07) is 7.65. The first-order valence-corrected chi connectivity index (χ1v) is 8.21. The first-order valence-electron chi connectivity index (χ1n) is 8.21. The third kappa shape index (κ3) is 3.53. The Morgan fingerprint density at radius 2 is 2.08 bits per heavy atom. The number of aromatic nitrogens is 2. The molecule has 0 bridgehead atoms. The molecule has 1 saturated heterocycles. The standard InChI is InChI=1S/C18H23N3O3/c1-20-11-9-19-17(18(20)22)21-10-5-6-14(12-21)13-24-16-8-4-3-7-15(16)23-2/h3-4,7-9,11,14H,5-6,10,12-13H2,1-2H3. The van der Waals surface area contributed by atoms with Crippen molar-refractivity contribution < 1.29 is 9.47 Å². The molecule has 0 spiro atoms. The normalized spacial score (nSPS) is 17.6. The molecule has 2 heterocycles. The second kappa shape index (κ2) is 7.38. The molecule has 1 aromatic heterocycles. The monoisotopic (exact) mass is 329 g/mol. The summed E-state index contributed by atoms with van der Waals surface area (Å²) in [5.41, 5.74) is -0.0520. The van der Waals surface area contributed by atoms with Gasteiger partial charge in [-0.25, -0.2) is 4.98 Å². The Bertz CT molecular complexity index is 744. The summed E-state index contributed by atoms with van der Waals surface area (Å²) in [7, 11) is 3.39. The van der Waals surface area contributed by atoms with Crippen molar-refractivity contribution >= 4 is 5.82 Å². The van der Waals surface area contributed by atoms with Crippen LogP contribution in [0.25, 0.3) is 0 Å². The van der Waals surface area contributed by atoms with Crippen LogP contribution in [-0.4, -0.2) is 36.4 Å². The Balaban J connectivity index is 1.66.